The van der Waals surface area contributed by atoms with Gasteiger partial charge in [0.25, 0.3) is 0 Å². The Balaban J connectivity index is 2.24. The number of aromatic nitrogens is 1. The van der Waals surface area contributed by atoms with Crippen LogP contribution < -0.4 is 10.5 Å². The van der Waals surface area contributed by atoms with Gasteiger partial charge in [-0.2, -0.15) is 0 Å². The molecule has 1 aromatic carbocycles. The number of nitrogens with two attached hydrogens (primary N) is 1. The molecule has 1 atom stereocenters. The van der Waals surface area contributed by atoms with Crippen LogP contribution in [0.5, 0.6) is 5.75 Å². The number of nitrogen functional groups attached to an aromatic ring is 1. The lowest BCUT2D eigenvalue weighted by molar-refractivity contribution is 0.404. The van der Waals surface area contributed by atoms with Gasteiger partial charge in [0.05, 0.1) is 28.6 Å². The minimum absolute atomic E-state index is 0.433. The molecular weight excluding hydrogens is 248 g/mol. The van der Waals surface area contributed by atoms with Gasteiger partial charge >= 0.3 is 0 Å². The molecule has 1 unspecified atom stereocenters. The maximum Gasteiger partial charge on any atom is 0.137 e. The maximum absolute atomic E-state index is 12.3. The maximum atomic E-state index is 12.3. The second-order valence-corrected chi connectivity index (χ2v) is 5.18. The number of methoxy groups -OCH3 is 1. The fourth-order valence-electron chi connectivity index (χ4n) is 1.58. The number of pyridine rings is 1. The van der Waals surface area contributed by atoms with Crippen molar-refractivity contribution in [3.63, 3.8) is 0 Å². The zero-order valence-electron chi connectivity index (χ0n) is 10.00. The first-order valence-corrected chi connectivity index (χ1v) is 6.73. The molecule has 1 aromatic heterocycles. The van der Waals surface area contributed by atoms with Gasteiger partial charge < -0.3 is 10.5 Å². The van der Waals surface area contributed by atoms with E-state index < -0.39 is 10.8 Å². The number of benzene rings is 1. The molecule has 1 heterocycles. The first-order chi connectivity index (χ1) is 8.70. The summed E-state index contributed by atoms with van der Waals surface area (Å²) in [6.45, 7) is 0. The van der Waals surface area contributed by atoms with Crippen molar-refractivity contribution in [2.75, 3.05) is 12.8 Å². The molecule has 2 aromatic rings. The van der Waals surface area contributed by atoms with Gasteiger partial charge in [0.2, 0.25) is 0 Å². The first kappa shape index (κ1) is 12.6. The lowest BCUT2D eigenvalue weighted by Crippen LogP contribution is -2.00. The quantitative estimate of drug-likeness (QED) is 0.856. The average molecular weight is 262 g/mol. The monoisotopic (exact) mass is 262 g/mol. The van der Waals surface area contributed by atoms with E-state index in [1.165, 1.54) is 0 Å². The summed E-state index contributed by atoms with van der Waals surface area (Å²) in [5.74, 6) is 0.991. The summed E-state index contributed by atoms with van der Waals surface area (Å²) in [6, 6.07) is 8.84. The lowest BCUT2D eigenvalue weighted by atomic mass is 10.3. The fourth-order valence-corrected chi connectivity index (χ4v) is 2.82. The highest BCUT2D eigenvalue weighted by Crippen LogP contribution is 2.26. The molecule has 94 valence electrons. The molecule has 0 bridgehead atoms. The summed E-state index contributed by atoms with van der Waals surface area (Å²) < 4.78 is 17.5. The van der Waals surface area contributed by atoms with Gasteiger partial charge in [0.1, 0.15) is 5.75 Å². The third-order valence-corrected chi connectivity index (χ3v) is 3.90. The Hall–Kier alpha value is -1.88. The molecule has 0 aliphatic heterocycles. The van der Waals surface area contributed by atoms with Crippen molar-refractivity contribution in [1.82, 2.24) is 4.98 Å². The van der Waals surface area contributed by atoms with Crippen LogP contribution in [0.25, 0.3) is 0 Å². The SMILES string of the molecule is COc1cc(N)ccc1S(=O)Cc1ccncc1. The average Bonchev–Trinajstić information content (AvgIpc) is 2.39. The van der Waals surface area contributed by atoms with Crippen molar-refractivity contribution in [2.45, 2.75) is 10.6 Å². The Kier molecular flexibility index (Phi) is 3.94. The molecular formula is C13H14N2O2S. The van der Waals surface area contributed by atoms with E-state index in [-0.39, 0.29) is 0 Å². The Morgan fingerprint density at radius 1 is 1.28 bits per heavy atom. The van der Waals surface area contributed by atoms with E-state index >= 15 is 0 Å². The van der Waals surface area contributed by atoms with Crippen molar-refractivity contribution in [1.29, 1.82) is 0 Å². The molecule has 0 amide bonds. The Morgan fingerprint density at radius 3 is 2.67 bits per heavy atom. The minimum Gasteiger partial charge on any atom is -0.495 e. The molecule has 0 saturated heterocycles. The highest BCUT2D eigenvalue weighted by molar-refractivity contribution is 7.84. The van der Waals surface area contributed by atoms with Crippen LogP contribution in [0.1, 0.15) is 5.56 Å². The largest absolute Gasteiger partial charge is 0.495 e. The second kappa shape index (κ2) is 5.64. The standard InChI is InChI=1S/C13H14N2O2S/c1-17-12-8-11(14)2-3-13(12)18(16)9-10-4-6-15-7-5-10/h2-8H,9,14H2,1H3. The number of anilines is 1. The van der Waals surface area contributed by atoms with Crippen LogP contribution in [0, 0.1) is 0 Å². The van der Waals surface area contributed by atoms with E-state index in [1.54, 1.807) is 37.7 Å². The number of ether oxygens (including phenoxy) is 1. The second-order valence-electron chi connectivity index (χ2n) is 3.76. The van der Waals surface area contributed by atoms with Crippen LogP contribution >= 0.6 is 0 Å². The predicted molar refractivity (Wildman–Crippen MR) is 71.8 cm³/mol. The van der Waals surface area contributed by atoms with E-state index in [2.05, 4.69) is 4.98 Å². The molecule has 0 aliphatic carbocycles. The van der Waals surface area contributed by atoms with Crippen molar-refractivity contribution in [3.8, 4) is 5.75 Å². The molecule has 0 aliphatic rings. The topological polar surface area (TPSA) is 65.2 Å². The molecule has 4 nitrogen and oxygen atoms in total. The minimum atomic E-state index is -1.16. The molecule has 5 heteroatoms. The van der Waals surface area contributed by atoms with E-state index in [1.807, 2.05) is 12.1 Å². The molecule has 0 radical (unpaired) electrons. The Bertz CT molecular complexity index is 558. The van der Waals surface area contributed by atoms with Gasteiger partial charge in [-0.1, -0.05) is 0 Å². The van der Waals surface area contributed by atoms with Crippen LogP contribution in [0.3, 0.4) is 0 Å². The van der Waals surface area contributed by atoms with E-state index in [0.717, 1.165) is 5.56 Å². The summed E-state index contributed by atoms with van der Waals surface area (Å²) in [5.41, 5.74) is 7.24. The lowest BCUT2D eigenvalue weighted by Gasteiger charge is -2.09. The third kappa shape index (κ3) is 2.87. The van der Waals surface area contributed by atoms with E-state index in [0.29, 0.717) is 22.1 Å². The van der Waals surface area contributed by atoms with Gasteiger partial charge in [0, 0.05) is 24.1 Å². The van der Waals surface area contributed by atoms with E-state index in [9.17, 15) is 4.21 Å². The summed E-state index contributed by atoms with van der Waals surface area (Å²) in [4.78, 5) is 4.59. The molecule has 0 saturated carbocycles. The highest BCUT2D eigenvalue weighted by atomic mass is 32.2. The summed E-state index contributed by atoms with van der Waals surface area (Å²) in [6.07, 6.45) is 3.37. The zero-order chi connectivity index (χ0) is 13.0. The third-order valence-electron chi connectivity index (χ3n) is 2.48. The van der Waals surface area contributed by atoms with Crippen LogP contribution in [0.4, 0.5) is 5.69 Å². The molecule has 2 N–H and O–H groups in total. The fraction of sp³-hybridized carbons (Fsp3) is 0.154. The van der Waals surface area contributed by atoms with Gasteiger partial charge in [0.15, 0.2) is 0 Å². The Morgan fingerprint density at radius 2 is 2.00 bits per heavy atom. The van der Waals surface area contributed by atoms with E-state index in [4.69, 9.17) is 10.5 Å². The number of hydrogen-bond donors (Lipinski definition) is 1. The molecule has 18 heavy (non-hydrogen) atoms. The highest BCUT2D eigenvalue weighted by Gasteiger charge is 2.11. The van der Waals surface area contributed by atoms with Gasteiger partial charge in [-0.15, -0.1) is 0 Å². The van der Waals surface area contributed by atoms with Crippen LogP contribution in [-0.4, -0.2) is 16.3 Å². The molecule has 2 rings (SSSR count). The normalized spacial score (nSPS) is 12.1. The van der Waals surface area contributed by atoms with Gasteiger partial charge in [-0.05, 0) is 29.8 Å². The van der Waals surface area contributed by atoms with Crippen LogP contribution in [0.2, 0.25) is 0 Å². The summed E-state index contributed by atoms with van der Waals surface area (Å²) in [7, 11) is 0.381. The smallest absolute Gasteiger partial charge is 0.137 e. The number of hydrogen-bond acceptors (Lipinski definition) is 4. The summed E-state index contributed by atoms with van der Waals surface area (Å²) >= 11 is 0. The van der Waals surface area contributed by atoms with Crippen LogP contribution in [0.15, 0.2) is 47.6 Å². The molecule has 0 spiro atoms. The van der Waals surface area contributed by atoms with Crippen molar-refractivity contribution in [2.24, 2.45) is 0 Å². The van der Waals surface area contributed by atoms with Gasteiger partial charge in [-0.25, -0.2) is 0 Å². The van der Waals surface area contributed by atoms with Crippen LogP contribution in [-0.2, 0) is 16.6 Å². The van der Waals surface area contributed by atoms with Crippen molar-refractivity contribution < 1.29 is 8.95 Å². The summed E-state index contributed by atoms with van der Waals surface area (Å²) in [5, 5.41) is 0. The predicted octanol–water partition coefficient (Wildman–Crippen LogP) is 1.98. The number of nitrogens with zero attached hydrogens (tertiary/aromatic N) is 1. The molecule has 0 fully saturated rings. The van der Waals surface area contributed by atoms with Crippen molar-refractivity contribution >= 4 is 16.5 Å². The Labute approximate surface area is 108 Å². The zero-order valence-corrected chi connectivity index (χ0v) is 10.8. The first-order valence-electron chi connectivity index (χ1n) is 5.41. The van der Waals surface area contributed by atoms with Gasteiger partial charge in [-0.3, -0.25) is 9.19 Å². The van der Waals surface area contributed by atoms with Crippen molar-refractivity contribution in [3.05, 3.63) is 48.3 Å². The number of rotatable bonds is 4.